The maximum atomic E-state index is 13.2. The molecular weight excluding hydrogens is 393 g/mol. The van der Waals surface area contributed by atoms with E-state index >= 15 is 0 Å². The summed E-state index contributed by atoms with van der Waals surface area (Å²) in [4.78, 5) is 15.1. The third-order valence-electron chi connectivity index (χ3n) is 8.53. The molecule has 166 valence electrons. The largest absolute Gasteiger partial charge is 0.461 e. The molecule has 4 nitrogen and oxygen atoms in total. The molecule has 2 fully saturated rings. The number of carbonyl (C=O) groups is 1. The Hall–Kier alpha value is -1.98. The Labute approximate surface area is 183 Å². The van der Waals surface area contributed by atoms with E-state index in [1.54, 1.807) is 0 Å². The van der Waals surface area contributed by atoms with Crippen LogP contribution in [0.3, 0.4) is 0 Å². The van der Waals surface area contributed by atoms with Crippen LogP contribution in [0.25, 0.3) is 5.57 Å². The first kappa shape index (κ1) is 20.9. The predicted octanol–water partition coefficient (Wildman–Crippen LogP) is 4.20. The summed E-state index contributed by atoms with van der Waals surface area (Å²) in [6.07, 6.45) is 7.45. The lowest BCUT2D eigenvalue weighted by molar-refractivity contribution is -0.145. The van der Waals surface area contributed by atoms with Crippen molar-refractivity contribution >= 4 is 11.5 Å². The Bertz CT molecular complexity index is 923. The van der Waals surface area contributed by atoms with E-state index in [0.717, 1.165) is 44.3 Å². The van der Waals surface area contributed by atoms with Crippen molar-refractivity contribution < 1.29 is 19.0 Å². The second-order valence-electron chi connectivity index (χ2n) is 10.0. The van der Waals surface area contributed by atoms with Crippen molar-refractivity contribution in [2.24, 2.45) is 23.2 Å². The van der Waals surface area contributed by atoms with Crippen molar-refractivity contribution in [2.75, 3.05) is 19.6 Å². The summed E-state index contributed by atoms with van der Waals surface area (Å²) in [6.45, 7) is 6.63. The zero-order valence-electron chi connectivity index (χ0n) is 18.4. The molecule has 1 aromatic rings. The van der Waals surface area contributed by atoms with Crippen molar-refractivity contribution in [3.8, 4) is 0 Å². The van der Waals surface area contributed by atoms with Crippen LogP contribution in [0.4, 0.5) is 4.39 Å². The number of hydrogen-bond acceptors (Lipinski definition) is 4. The molecule has 31 heavy (non-hydrogen) atoms. The van der Waals surface area contributed by atoms with Gasteiger partial charge in [0.2, 0.25) is 0 Å². The Morgan fingerprint density at radius 2 is 2.03 bits per heavy atom. The second-order valence-corrected chi connectivity index (χ2v) is 10.0. The van der Waals surface area contributed by atoms with Crippen LogP contribution in [-0.4, -0.2) is 47.8 Å². The number of nitrogens with zero attached hydrogens (tertiary/aromatic N) is 1. The van der Waals surface area contributed by atoms with Gasteiger partial charge < -0.3 is 9.84 Å². The van der Waals surface area contributed by atoms with E-state index < -0.39 is 6.10 Å². The van der Waals surface area contributed by atoms with Crippen molar-refractivity contribution in [2.45, 2.75) is 51.7 Å². The van der Waals surface area contributed by atoms with Crippen LogP contribution >= 0.6 is 0 Å². The second kappa shape index (κ2) is 7.86. The first-order valence-electron chi connectivity index (χ1n) is 11.6. The Kier molecular flexibility index (Phi) is 5.30. The third-order valence-corrected chi connectivity index (χ3v) is 8.53. The lowest BCUT2D eigenvalue weighted by atomic mass is 9.55. The molecule has 2 aliphatic heterocycles. The maximum absolute atomic E-state index is 13.2. The fraction of sp³-hybridized carbons (Fsp3) is 0.577. The van der Waals surface area contributed by atoms with Crippen LogP contribution in [0, 0.1) is 29.0 Å². The molecule has 1 N–H and O–H groups in total. The summed E-state index contributed by atoms with van der Waals surface area (Å²) in [7, 11) is 0. The fourth-order valence-electron chi connectivity index (χ4n) is 6.36. The molecule has 0 amide bonds. The van der Waals surface area contributed by atoms with E-state index in [2.05, 4.69) is 30.9 Å². The van der Waals surface area contributed by atoms with Gasteiger partial charge in [0.15, 0.2) is 0 Å². The van der Waals surface area contributed by atoms with Gasteiger partial charge >= 0.3 is 5.97 Å². The lowest BCUT2D eigenvalue weighted by Crippen LogP contribution is -2.54. The molecule has 1 saturated heterocycles. The molecule has 4 aliphatic rings. The number of halogens is 1. The first-order valence-corrected chi connectivity index (χ1v) is 11.6. The minimum atomic E-state index is -0.556. The monoisotopic (exact) mass is 425 g/mol. The Morgan fingerprint density at radius 3 is 2.74 bits per heavy atom. The number of aliphatic hydroxyl groups is 1. The van der Waals surface area contributed by atoms with Gasteiger partial charge in [-0.3, -0.25) is 9.69 Å². The molecule has 1 aromatic carbocycles. The van der Waals surface area contributed by atoms with E-state index in [9.17, 15) is 14.3 Å². The minimum Gasteiger partial charge on any atom is -0.461 e. The van der Waals surface area contributed by atoms with Crippen molar-refractivity contribution in [3.63, 3.8) is 0 Å². The highest BCUT2D eigenvalue weighted by Crippen LogP contribution is 2.56. The van der Waals surface area contributed by atoms with E-state index in [1.165, 1.54) is 23.3 Å². The van der Waals surface area contributed by atoms with Crippen LogP contribution in [0.2, 0.25) is 0 Å². The molecule has 0 bridgehead atoms. The lowest BCUT2D eigenvalue weighted by Gasteiger charge is -2.52. The summed E-state index contributed by atoms with van der Waals surface area (Å²) in [6, 6.07) is 6.64. The topological polar surface area (TPSA) is 49.8 Å². The quantitative estimate of drug-likeness (QED) is 0.583. The molecule has 6 atom stereocenters. The predicted molar refractivity (Wildman–Crippen MR) is 118 cm³/mol. The number of benzene rings is 1. The summed E-state index contributed by atoms with van der Waals surface area (Å²) in [5, 5.41) is 11.5. The van der Waals surface area contributed by atoms with Gasteiger partial charge in [0, 0.05) is 37.4 Å². The maximum Gasteiger partial charge on any atom is 0.311 e. The minimum absolute atomic E-state index is 0.141. The molecule has 2 aliphatic carbocycles. The standard InChI is InChI=1S/C26H32FNO3/c1-16-4-3-5-19-14-22-23(24(29)26(16,19)2)21(25(30)31-22)15-28-12-10-18(11-13-28)17-6-8-20(27)9-7-17/h5-10,16,21-24,29H,3-4,11-15H2,1-2H3. The van der Waals surface area contributed by atoms with Gasteiger partial charge in [0.05, 0.1) is 12.0 Å². The Balaban J connectivity index is 1.31. The number of aliphatic hydroxyl groups excluding tert-OH is 1. The molecule has 0 spiro atoms. The highest BCUT2D eigenvalue weighted by atomic mass is 19.1. The average Bonchev–Trinajstić information content (AvgIpc) is 3.07. The number of hydrogen-bond donors (Lipinski definition) is 1. The van der Waals surface area contributed by atoms with E-state index in [-0.39, 0.29) is 35.1 Å². The summed E-state index contributed by atoms with van der Waals surface area (Å²) >= 11 is 0. The van der Waals surface area contributed by atoms with Crippen LogP contribution < -0.4 is 0 Å². The zero-order valence-corrected chi connectivity index (χ0v) is 18.4. The van der Waals surface area contributed by atoms with Gasteiger partial charge in [-0.25, -0.2) is 4.39 Å². The van der Waals surface area contributed by atoms with Gasteiger partial charge in [-0.15, -0.1) is 0 Å². The zero-order chi connectivity index (χ0) is 21.8. The molecule has 5 heteroatoms. The van der Waals surface area contributed by atoms with Gasteiger partial charge in [-0.1, -0.05) is 43.7 Å². The number of esters is 1. The van der Waals surface area contributed by atoms with Crippen LogP contribution in [0.15, 0.2) is 42.0 Å². The molecule has 6 unspecified atom stereocenters. The van der Waals surface area contributed by atoms with Gasteiger partial charge in [0.1, 0.15) is 11.9 Å². The molecule has 2 heterocycles. The average molecular weight is 426 g/mol. The van der Waals surface area contributed by atoms with Crippen molar-refractivity contribution in [1.82, 2.24) is 4.90 Å². The molecule has 1 saturated carbocycles. The highest BCUT2D eigenvalue weighted by molar-refractivity contribution is 5.76. The number of rotatable bonds is 3. The fourth-order valence-corrected chi connectivity index (χ4v) is 6.36. The van der Waals surface area contributed by atoms with Gasteiger partial charge in [-0.2, -0.15) is 0 Å². The number of carbonyl (C=O) groups excluding carboxylic acids is 1. The van der Waals surface area contributed by atoms with Crippen molar-refractivity contribution in [1.29, 1.82) is 0 Å². The van der Waals surface area contributed by atoms with Gasteiger partial charge in [0.25, 0.3) is 0 Å². The van der Waals surface area contributed by atoms with Crippen molar-refractivity contribution in [3.05, 3.63) is 53.4 Å². The molecule has 0 aromatic heterocycles. The highest BCUT2D eigenvalue weighted by Gasteiger charge is 2.59. The molecular formula is C26H32FNO3. The van der Waals surface area contributed by atoms with E-state index in [4.69, 9.17) is 4.74 Å². The number of allylic oxidation sites excluding steroid dienone is 1. The van der Waals surface area contributed by atoms with E-state index in [1.807, 2.05) is 12.1 Å². The number of ether oxygens (including phenoxy) is 1. The third kappa shape index (κ3) is 3.46. The Morgan fingerprint density at radius 1 is 1.26 bits per heavy atom. The normalized spacial score (nSPS) is 38.1. The molecule has 5 rings (SSSR count). The van der Waals surface area contributed by atoms with Crippen LogP contribution in [0.1, 0.15) is 45.1 Å². The van der Waals surface area contributed by atoms with Crippen LogP contribution in [0.5, 0.6) is 0 Å². The number of fused-ring (bicyclic) bond motifs is 2. The van der Waals surface area contributed by atoms with E-state index in [0.29, 0.717) is 12.5 Å². The summed E-state index contributed by atoms with van der Waals surface area (Å²) < 4.78 is 19.0. The smallest absolute Gasteiger partial charge is 0.311 e. The van der Waals surface area contributed by atoms with Crippen LogP contribution in [-0.2, 0) is 9.53 Å². The molecule has 0 radical (unpaired) electrons. The first-order chi connectivity index (χ1) is 14.9. The summed E-state index contributed by atoms with van der Waals surface area (Å²) in [5.74, 6) is -0.402. The summed E-state index contributed by atoms with van der Waals surface area (Å²) in [5.41, 5.74) is 3.29. The SMILES string of the molecule is CC1CCC=C2CC3OC(=O)C(CN4CC=C(c5ccc(F)cc5)CC4)C3C(O)C21C. The van der Waals surface area contributed by atoms with Gasteiger partial charge in [-0.05, 0) is 48.4 Å².